The number of likely N-dealkylation sites (N-methyl/N-ethyl adjacent to an activating group) is 1. The van der Waals surface area contributed by atoms with Crippen molar-refractivity contribution in [2.45, 2.75) is 39.2 Å². The van der Waals surface area contributed by atoms with Crippen LogP contribution in [0.4, 0.5) is 0 Å². The fourth-order valence-electron chi connectivity index (χ4n) is 2.37. The maximum absolute atomic E-state index is 11.6. The van der Waals surface area contributed by atoms with Crippen molar-refractivity contribution in [1.29, 1.82) is 0 Å². The smallest absolute Gasteiger partial charge is 0.243 e. The van der Waals surface area contributed by atoms with Crippen molar-refractivity contribution in [3.05, 3.63) is 12.2 Å². The third-order valence-corrected chi connectivity index (χ3v) is 3.50. The number of hydrogen-bond acceptors (Lipinski definition) is 2. The molecule has 3 heteroatoms. The van der Waals surface area contributed by atoms with E-state index in [1.165, 1.54) is 6.42 Å². The van der Waals surface area contributed by atoms with Gasteiger partial charge in [-0.15, -0.1) is 0 Å². The van der Waals surface area contributed by atoms with E-state index in [9.17, 15) is 4.79 Å². The summed E-state index contributed by atoms with van der Waals surface area (Å²) in [6.07, 6.45) is 7.10. The molecule has 1 rings (SSSR count). The van der Waals surface area contributed by atoms with Gasteiger partial charge in [-0.2, -0.15) is 0 Å². The minimum Gasteiger partial charge on any atom is -0.350 e. The Morgan fingerprint density at radius 1 is 1.41 bits per heavy atom. The number of nitrogens with zero attached hydrogens (tertiary/aromatic N) is 1. The highest BCUT2D eigenvalue weighted by Gasteiger charge is 2.27. The van der Waals surface area contributed by atoms with Crippen LogP contribution in [0.25, 0.3) is 0 Å². The Hall–Kier alpha value is -0.830. The first-order chi connectivity index (χ1) is 7.99. The molecule has 3 nitrogen and oxygen atoms in total. The van der Waals surface area contributed by atoms with Crippen molar-refractivity contribution in [3.63, 3.8) is 0 Å². The fourth-order valence-corrected chi connectivity index (χ4v) is 2.37. The van der Waals surface area contributed by atoms with Crippen molar-refractivity contribution in [1.82, 2.24) is 10.2 Å². The number of amides is 1. The van der Waals surface area contributed by atoms with Crippen LogP contribution in [0.5, 0.6) is 0 Å². The van der Waals surface area contributed by atoms with Crippen LogP contribution in [-0.2, 0) is 4.79 Å². The highest BCUT2D eigenvalue weighted by atomic mass is 16.1. The van der Waals surface area contributed by atoms with Gasteiger partial charge in [0.05, 0.1) is 0 Å². The van der Waals surface area contributed by atoms with Crippen LogP contribution >= 0.6 is 0 Å². The Bertz CT molecular complexity index is 271. The first kappa shape index (κ1) is 14.2. The highest BCUT2D eigenvalue weighted by molar-refractivity contribution is 5.87. The van der Waals surface area contributed by atoms with Crippen LogP contribution in [0, 0.1) is 11.8 Å². The van der Waals surface area contributed by atoms with E-state index in [1.54, 1.807) is 6.08 Å². The van der Waals surface area contributed by atoms with Crippen molar-refractivity contribution >= 4 is 5.91 Å². The maximum atomic E-state index is 11.6. The van der Waals surface area contributed by atoms with Gasteiger partial charge in [0.2, 0.25) is 5.91 Å². The fraction of sp³-hybridized carbons (Fsp3) is 0.786. The molecule has 98 valence electrons. The van der Waals surface area contributed by atoms with E-state index in [4.69, 9.17) is 0 Å². The van der Waals surface area contributed by atoms with Gasteiger partial charge in [0, 0.05) is 18.7 Å². The Morgan fingerprint density at radius 3 is 2.65 bits per heavy atom. The van der Waals surface area contributed by atoms with Gasteiger partial charge in [-0.25, -0.2) is 0 Å². The summed E-state index contributed by atoms with van der Waals surface area (Å²) >= 11 is 0. The van der Waals surface area contributed by atoms with Gasteiger partial charge in [-0.1, -0.05) is 19.9 Å². The van der Waals surface area contributed by atoms with E-state index in [1.807, 2.05) is 25.1 Å². The summed E-state index contributed by atoms with van der Waals surface area (Å²) < 4.78 is 0. The molecule has 1 aliphatic rings. The van der Waals surface area contributed by atoms with Crippen LogP contribution in [-0.4, -0.2) is 37.5 Å². The average molecular weight is 238 g/mol. The Balaban J connectivity index is 2.26. The zero-order valence-corrected chi connectivity index (χ0v) is 11.6. The molecule has 0 heterocycles. The molecule has 1 aliphatic carbocycles. The van der Waals surface area contributed by atoms with E-state index in [0.29, 0.717) is 6.04 Å². The summed E-state index contributed by atoms with van der Waals surface area (Å²) in [5, 5.41) is 3.09. The Labute approximate surface area is 105 Å². The van der Waals surface area contributed by atoms with E-state index in [-0.39, 0.29) is 5.91 Å². The van der Waals surface area contributed by atoms with E-state index >= 15 is 0 Å². The van der Waals surface area contributed by atoms with Crippen LogP contribution in [0.3, 0.4) is 0 Å². The lowest BCUT2D eigenvalue weighted by Gasteiger charge is -2.15. The molecule has 0 aromatic rings. The number of hydrogen-bond donors (Lipinski definition) is 1. The molecule has 17 heavy (non-hydrogen) atoms. The molecule has 1 saturated carbocycles. The molecule has 0 spiro atoms. The molecule has 0 saturated heterocycles. The second-order valence-corrected chi connectivity index (χ2v) is 5.69. The first-order valence-corrected chi connectivity index (χ1v) is 6.60. The molecule has 1 amide bonds. The molecule has 1 fully saturated rings. The molecule has 0 aromatic carbocycles. The third-order valence-electron chi connectivity index (χ3n) is 3.50. The predicted molar refractivity (Wildman–Crippen MR) is 71.8 cm³/mol. The Kier molecular flexibility index (Phi) is 5.69. The molecule has 2 atom stereocenters. The van der Waals surface area contributed by atoms with Crippen molar-refractivity contribution in [2.75, 3.05) is 20.6 Å². The number of rotatable bonds is 5. The van der Waals surface area contributed by atoms with Gasteiger partial charge in [0.15, 0.2) is 0 Å². The van der Waals surface area contributed by atoms with Crippen LogP contribution in [0.1, 0.15) is 33.1 Å². The maximum Gasteiger partial charge on any atom is 0.243 e. The average Bonchev–Trinajstić information content (AvgIpc) is 2.65. The van der Waals surface area contributed by atoms with Gasteiger partial charge < -0.3 is 10.2 Å². The van der Waals surface area contributed by atoms with Gasteiger partial charge >= 0.3 is 0 Å². The first-order valence-electron chi connectivity index (χ1n) is 6.60. The minimum absolute atomic E-state index is 0.0567. The summed E-state index contributed by atoms with van der Waals surface area (Å²) in [5.74, 6) is 1.58. The number of carbonyl (C=O) groups excluding carboxylic acids is 1. The largest absolute Gasteiger partial charge is 0.350 e. The minimum atomic E-state index is 0.0567. The summed E-state index contributed by atoms with van der Waals surface area (Å²) in [6, 6.07) is 0.388. The molecular formula is C14H26N2O. The number of carbonyl (C=O) groups is 1. The van der Waals surface area contributed by atoms with E-state index in [2.05, 4.69) is 19.2 Å². The number of nitrogens with one attached hydrogen (secondary N) is 1. The highest BCUT2D eigenvalue weighted by Crippen LogP contribution is 2.31. The van der Waals surface area contributed by atoms with Gasteiger partial charge in [-0.3, -0.25) is 4.79 Å². The molecule has 0 aliphatic heterocycles. The second kappa shape index (κ2) is 6.80. The van der Waals surface area contributed by atoms with E-state index in [0.717, 1.165) is 31.2 Å². The van der Waals surface area contributed by atoms with Crippen LogP contribution in [0.2, 0.25) is 0 Å². The summed E-state index contributed by atoms with van der Waals surface area (Å²) in [6.45, 7) is 5.35. The van der Waals surface area contributed by atoms with E-state index < -0.39 is 0 Å². The summed E-state index contributed by atoms with van der Waals surface area (Å²) in [4.78, 5) is 13.7. The monoisotopic (exact) mass is 238 g/mol. The molecule has 2 unspecified atom stereocenters. The molecule has 1 N–H and O–H groups in total. The second-order valence-electron chi connectivity index (χ2n) is 5.69. The van der Waals surface area contributed by atoms with Crippen molar-refractivity contribution < 1.29 is 4.79 Å². The molecule has 0 aromatic heterocycles. The molecule has 0 radical (unpaired) electrons. The summed E-state index contributed by atoms with van der Waals surface area (Å²) in [7, 11) is 3.99. The molecular weight excluding hydrogens is 212 g/mol. The predicted octanol–water partition coefficient (Wildman–Crippen LogP) is 2.05. The lowest BCUT2D eigenvalue weighted by molar-refractivity contribution is -0.117. The quantitative estimate of drug-likeness (QED) is 0.743. The lowest BCUT2D eigenvalue weighted by Crippen LogP contribution is -2.31. The topological polar surface area (TPSA) is 32.3 Å². The molecule has 0 bridgehead atoms. The normalized spacial score (nSPS) is 25.1. The van der Waals surface area contributed by atoms with Gasteiger partial charge in [0.25, 0.3) is 0 Å². The lowest BCUT2D eigenvalue weighted by atomic mass is 9.94. The van der Waals surface area contributed by atoms with Crippen molar-refractivity contribution in [2.24, 2.45) is 11.8 Å². The van der Waals surface area contributed by atoms with Gasteiger partial charge in [0.1, 0.15) is 0 Å². The third kappa shape index (κ3) is 5.35. The summed E-state index contributed by atoms with van der Waals surface area (Å²) in [5.41, 5.74) is 0. The SMILES string of the molecule is CC(C)C1CCC(NC(=O)/C=C/CN(C)C)C1. The van der Waals surface area contributed by atoms with Crippen LogP contribution in [0.15, 0.2) is 12.2 Å². The standard InChI is InChI=1S/C14H26N2O/c1-11(2)12-7-8-13(10-12)15-14(17)6-5-9-16(3)4/h5-6,11-13H,7-10H2,1-4H3,(H,15,17)/b6-5+. The zero-order chi connectivity index (χ0) is 12.8. The zero-order valence-electron chi connectivity index (χ0n) is 11.6. The van der Waals surface area contributed by atoms with Crippen LogP contribution < -0.4 is 5.32 Å². The Morgan fingerprint density at radius 2 is 2.12 bits per heavy atom. The van der Waals surface area contributed by atoms with Gasteiger partial charge in [-0.05, 0) is 45.2 Å². The van der Waals surface area contributed by atoms with Crippen molar-refractivity contribution in [3.8, 4) is 0 Å².